The Kier molecular flexibility index (Phi) is 5.27. The lowest BCUT2D eigenvalue weighted by Crippen LogP contribution is -2.13. The van der Waals surface area contributed by atoms with Crippen molar-refractivity contribution in [1.82, 2.24) is 4.98 Å². The van der Waals surface area contributed by atoms with Gasteiger partial charge in [0, 0.05) is 18.3 Å². The summed E-state index contributed by atoms with van der Waals surface area (Å²) in [5.74, 6) is -0.0478. The number of hydrogen-bond donors (Lipinski definition) is 2. The fourth-order valence-corrected chi connectivity index (χ4v) is 2.33. The Hall–Kier alpha value is -3.94. The maximum Gasteiger partial charge on any atom is 0.269 e. The number of phenols is 1. The third kappa shape index (κ3) is 4.57. The van der Waals surface area contributed by atoms with E-state index >= 15 is 0 Å². The van der Waals surface area contributed by atoms with Crippen LogP contribution in [0.2, 0.25) is 0 Å². The molecule has 3 aromatic rings. The highest BCUT2D eigenvalue weighted by Crippen LogP contribution is 2.25. The molecular formula is C19H15N3O5. The van der Waals surface area contributed by atoms with E-state index in [1.165, 1.54) is 36.5 Å². The number of nitrogens with one attached hydrogen (secondary N) is 1. The quantitative estimate of drug-likeness (QED) is 0.510. The molecule has 8 heteroatoms. The van der Waals surface area contributed by atoms with Crippen molar-refractivity contribution in [1.29, 1.82) is 0 Å². The predicted octanol–water partition coefficient (Wildman–Crippen LogP) is 3.53. The number of pyridine rings is 1. The summed E-state index contributed by atoms with van der Waals surface area (Å²) in [4.78, 5) is 26.7. The Morgan fingerprint density at radius 3 is 2.74 bits per heavy atom. The molecule has 0 aliphatic heterocycles. The first-order valence-corrected chi connectivity index (χ1v) is 7.94. The number of hydrogen-bond acceptors (Lipinski definition) is 6. The molecule has 0 atom stereocenters. The van der Waals surface area contributed by atoms with Crippen molar-refractivity contribution in [2.75, 3.05) is 5.32 Å². The van der Waals surface area contributed by atoms with Gasteiger partial charge < -0.3 is 15.2 Å². The second-order valence-electron chi connectivity index (χ2n) is 5.56. The topological polar surface area (TPSA) is 115 Å². The summed E-state index contributed by atoms with van der Waals surface area (Å²) in [7, 11) is 0. The molecule has 1 aromatic heterocycles. The second kappa shape index (κ2) is 7.96. The molecule has 0 spiro atoms. The molecule has 3 rings (SSSR count). The first kappa shape index (κ1) is 17.9. The molecule has 2 aromatic carbocycles. The number of aromatic hydroxyl groups is 1. The summed E-state index contributed by atoms with van der Waals surface area (Å²) in [6.07, 6.45) is 1.54. The zero-order chi connectivity index (χ0) is 19.2. The van der Waals surface area contributed by atoms with Crippen molar-refractivity contribution in [2.45, 2.75) is 6.61 Å². The van der Waals surface area contributed by atoms with E-state index in [0.29, 0.717) is 17.1 Å². The van der Waals surface area contributed by atoms with Crippen LogP contribution < -0.4 is 10.1 Å². The Labute approximate surface area is 154 Å². The molecule has 0 aliphatic rings. The molecule has 0 fully saturated rings. The molecule has 0 unspecified atom stereocenters. The normalized spacial score (nSPS) is 10.2. The van der Waals surface area contributed by atoms with E-state index in [1.54, 1.807) is 30.3 Å². The van der Waals surface area contributed by atoms with E-state index < -0.39 is 10.8 Å². The van der Waals surface area contributed by atoms with Crippen molar-refractivity contribution in [3.63, 3.8) is 0 Å². The molecule has 0 saturated carbocycles. The van der Waals surface area contributed by atoms with E-state index in [9.17, 15) is 20.0 Å². The zero-order valence-corrected chi connectivity index (χ0v) is 14.0. The summed E-state index contributed by atoms with van der Waals surface area (Å²) in [6, 6.07) is 15.4. The lowest BCUT2D eigenvalue weighted by atomic mass is 10.1. The third-order valence-electron chi connectivity index (χ3n) is 3.65. The lowest BCUT2D eigenvalue weighted by Gasteiger charge is -2.10. The summed E-state index contributed by atoms with van der Waals surface area (Å²) in [6.45, 7) is 0.0771. The van der Waals surface area contributed by atoms with Crippen LogP contribution >= 0.6 is 0 Å². The minimum absolute atomic E-state index is 0.0252. The van der Waals surface area contributed by atoms with Gasteiger partial charge in [0.05, 0.1) is 10.5 Å². The fraction of sp³-hybridized carbons (Fsp3) is 0.0526. The number of ether oxygens (including phenoxy) is 1. The van der Waals surface area contributed by atoms with E-state index in [1.807, 2.05) is 0 Å². The van der Waals surface area contributed by atoms with Gasteiger partial charge in [0.25, 0.3) is 11.6 Å². The number of amides is 1. The van der Waals surface area contributed by atoms with Crippen LogP contribution in [0.1, 0.15) is 15.9 Å². The van der Waals surface area contributed by atoms with Gasteiger partial charge in [-0.1, -0.05) is 18.2 Å². The standard InChI is InChI=1S/C19H15N3O5/c23-17-8-7-15(27-12-13-4-3-5-14(10-13)22(25)26)11-16(17)19(24)21-18-6-1-2-9-20-18/h1-11,23H,12H2,(H,20,21,24). The van der Waals surface area contributed by atoms with Crippen LogP contribution in [0.4, 0.5) is 11.5 Å². The van der Waals surface area contributed by atoms with E-state index in [2.05, 4.69) is 10.3 Å². The zero-order valence-electron chi connectivity index (χ0n) is 14.0. The molecular weight excluding hydrogens is 350 g/mol. The SMILES string of the molecule is O=C(Nc1ccccn1)c1cc(OCc2cccc([N+](=O)[O-])c2)ccc1O. The second-order valence-corrected chi connectivity index (χ2v) is 5.56. The van der Waals surface area contributed by atoms with Crippen LogP contribution in [0.5, 0.6) is 11.5 Å². The number of anilines is 1. The summed E-state index contributed by atoms with van der Waals surface area (Å²) < 4.78 is 5.59. The van der Waals surface area contributed by atoms with Crippen molar-refractivity contribution in [3.8, 4) is 11.5 Å². The molecule has 1 amide bonds. The van der Waals surface area contributed by atoms with Gasteiger partial charge in [-0.25, -0.2) is 4.98 Å². The number of nitrogens with zero attached hydrogens (tertiary/aromatic N) is 2. The molecule has 2 N–H and O–H groups in total. The van der Waals surface area contributed by atoms with Crippen LogP contribution in [0.25, 0.3) is 0 Å². The number of phenolic OH excluding ortho intramolecular Hbond substituents is 1. The summed E-state index contributed by atoms with van der Waals surface area (Å²) in [5, 5.41) is 23.4. The smallest absolute Gasteiger partial charge is 0.269 e. The highest BCUT2D eigenvalue weighted by Gasteiger charge is 2.14. The maximum atomic E-state index is 12.3. The molecule has 136 valence electrons. The van der Waals surface area contributed by atoms with Gasteiger partial charge >= 0.3 is 0 Å². The molecule has 0 aliphatic carbocycles. The van der Waals surface area contributed by atoms with Crippen LogP contribution in [0.3, 0.4) is 0 Å². The molecule has 27 heavy (non-hydrogen) atoms. The maximum absolute atomic E-state index is 12.3. The van der Waals surface area contributed by atoms with Crippen LogP contribution in [-0.2, 0) is 6.61 Å². The van der Waals surface area contributed by atoms with Crippen molar-refractivity contribution >= 4 is 17.4 Å². The highest BCUT2D eigenvalue weighted by molar-refractivity contribution is 6.05. The van der Waals surface area contributed by atoms with Crippen molar-refractivity contribution < 1.29 is 19.6 Å². The van der Waals surface area contributed by atoms with E-state index in [4.69, 9.17) is 4.74 Å². The number of nitro benzene ring substituents is 1. The number of aromatic nitrogens is 1. The number of benzene rings is 2. The lowest BCUT2D eigenvalue weighted by molar-refractivity contribution is -0.384. The third-order valence-corrected chi connectivity index (χ3v) is 3.65. The van der Waals surface area contributed by atoms with Crippen LogP contribution in [0.15, 0.2) is 66.9 Å². The predicted molar refractivity (Wildman–Crippen MR) is 97.7 cm³/mol. The van der Waals surface area contributed by atoms with Gasteiger partial charge in [0.1, 0.15) is 23.9 Å². The van der Waals surface area contributed by atoms with Crippen LogP contribution in [-0.4, -0.2) is 20.9 Å². The minimum atomic E-state index is -0.535. The number of carbonyl (C=O) groups excluding carboxylic acids is 1. The van der Waals surface area contributed by atoms with Gasteiger partial charge in [-0.15, -0.1) is 0 Å². The van der Waals surface area contributed by atoms with Gasteiger partial charge in [-0.05, 0) is 35.9 Å². The van der Waals surface area contributed by atoms with Gasteiger partial charge in [-0.2, -0.15) is 0 Å². The summed E-state index contributed by atoms with van der Waals surface area (Å²) in [5.41, 5.74) is 0.603. The first-order chi connectivity index (χ1) is 13.0. The first-order valence-electron chi connectivity index (χ1n) is 7.94. The van der Waals surface area contributed by atoms with Gasteiger partial charge in [0.2, 0.25) is 0 Å². The Morgan fingerprint density at radius 2 is 2.00 bits per heavy atom. The Balaban J connectivity index is 1.72. The Morgan fingerprint density at radius 1 is 1.15 bits per heavy atom. The molecule has 8 nitrogen and oxygen atoms in total. The number of rotatable bonds is 6. The Bertz CT molecular complexity index is 976. The molecule has 0 saturated heterocycles. The summed E-state index contributed by atoms with van der Waals surface area (Å²) >= 11 is 0. The largest absolute Gasteiger partial charge is 0.507 e. The minimum Gasteiger partial charge on any atom is -0.507 e. The van der Waals surface area contributed by atoms with Crippen molar-refractivity contribution in [2.24, 2.45) is 0 Å². The molecule has 1 heterocycles. The number of nitro groups is 1. The van der Waals surface area contributed by atoms with Crippen molar-refractivity contribution in [3.05, 3.63) is 88.1 Å². The van der Waals surface area contributed by atoms with Gasteiger partial charge in [-0.3, -0.25) is 14.9 Å². The van der Waals surface area contributed by atoms with Crippen LogP contribution in [0, 0.1) is 10.1 Å². The molecule has 0 bridgehead atoms. The van der Waals surface area contributed by atoms with E-state index in [-0.39, 0.29) is 23.6 Å². The number of carbonyl (C=O) groups is 1. The number of non-ortho nitro benzene ring substituents is 1. The molecule has 0 radical (unpaired) electrons. The average molecular weight is 365 g/mol. The average Bonchev–Trinajstić information content (AvgIpc) is 2.68. The monoisotopic (exact) mass is 365 g/mol. The fourth-order valence-electron chi connectivity index (χ4n) is 2.33. The van der Waals surface area contributed by atoms with E-state index in [0.717, 1.165) is 0 Å². The van der Waals surface area contributed by atoms with Gasteiger partial charge in [0.15, 0.2) is 0 Å². The highest BCUT2D eigenvalue weighted by atomic mass is 16.6.